The van der Waals surface area contributed by atoms with Gasteiger partial charge in [0.25, 0.3) is 5.91 Å². The van der Waals surface area contributed by atoms with Gasteiger partial charge in [0.1, 0.15) is 23.5 Å². The molecule has 0 radical (unpaired) electrons. The van der Waals surface area contributed by atoms with Gasteiger partial charge in [0.05, 0.1) is 16.8 Å². The van der Waals surface area contributed by atoms with Gasteiger partial charge in [-0.15, -0.1) is 0 Å². The molecule has 0 bridgehead atoms. The molecule has 3 aromatic rings. The molecule has 3 N–H and O–H groups in total. The number of nitrogens with one attached hydrogen (secondary N) is 3. The number of ether oxygens (including phenoxy) is 1. The van der Waals surface area contributed by atoms with E-state index in [0.717, 1.165) is 30.5 Å². The van der Waals surface area contributed by atoms with E-state index in [2.05, 4.69) is 30.8 Å². The van der Waals surface area contributed by atoms with Crippen molar-refractivity contribution in [2.75, 3.05) is 60.2 Å². The number of anilines is 5. The van der Waals surface area contributed by atoms with Gasteiger partial charge in [-0.3, -0.25) is 9.59 Å². The number of aromatic nitrogens is 2. The number of hydrogen-bond donors (Lipinski definition) is 3. The molecule has 2 amide bonds. The van der Waals surface area contributed by atoms with Crippen molar-refractivity contribution in [3.8, 4) is 0 Å². The quantitative estimate of drug-likeness (QED) is 0.269. The van der Waals surface area contributed by atoms with Crippen LogP contribution in [0.25, 0.3) is 0 Å². The number of carbonyl (C=O) groups excluding carboxylic acids is 3. The van der Waals surface area contributed by atoms with Crippen molar-refractivity contribution in [1.82, 2.24) is 14.9 Å². The molecule has 2 aliphatic rings. The van der Waals surface area contributed by atoms with E-state index in [1.54, 1.807) is 4.90 Å². The number of carbonyl (C=O) groups is 3. The Bertz CT molecular complexity index is 1420. The largest absolute Gasteiger partial charge is 0.376 e. The highest BCUT2D eigenvalue weighted by molar-refractivity contribution is 6.34. The second-order valence-corrected chi connectivity index (χ2v) is 10.7. The maximum absolute atomic E-state index is 14.3. The summed E-state index contributed by atoms with van der Waals surface area (Å²) < 4.78 is 20.0. The van der Waals surface area contributed by atoms with E-state index in [1.807, 2.05) is 24.3 Å². The lowest BCUT2D eigenvalue weighted by Crippen LogP contribution is -2.48. The molecule has 0 saturated carbocycles. The second kappa shape index (κ2) is 14.3. The van der Waals surface area contributed by atoms with Crippen LogP contribution >= 0.6 is 11.6 Å². The first-order valence-electron chi connectivity index (χ1n) is 14.2. The summed E-state index contributed by atoms with van der Waals surface area (Å²) in [4.78, 5) is 48.8. The van der Waals surface area contributed by atoms with Crippen molar-refractivity contribution >= 4 is 58.5 Å². The van der Waals surface area contributed by atoms with E-state index in [0.29, 0.717) is 39.3 Å². The first-order chi connectivity index (χ1) is 20.9. The number of aldehydes is 1. The molecule has 1 atom stereocenters. The first kappa shape index (κ1) is 30.2. The third kappa shape index (κ3) is 7.76. The summed E-state index contributed by atoms with van der Waals surface area (Å²) in [6.45, 7) is 3.75. The molecule has 2 aromatic carbocycles. The standard InChI is InChI=1S/C30H33ClFN7O4/c31-24-5-1-6-25(32)27(24)36-29(42)23-19-34-30(37-28(23)33-18-22-4-3-17-43-22)35-20-8-10-21(11-9-20)38-12-14-39(15-13-38)26(41)7-2-16-40/h1,5-6,8-11,16,19,22H,2-4,7,12-15,17-18H2,(H,36,42)(H2,33,34,35,37). The predicted octanol–water partition coefficient (Wildman–Crippen LogP) is 4.48. The highest BCUT2D eigenvalue weighted by Gasteiger charge is 2.22. The maximum atomic E-state index is 14.3. The molecule has 43 heavy (non-hydrogen) atoms. The Morgan fingerprint density at radius 2 is 1.91 bits per heavy atom. The molecule has 13 heteroatoms. The van der Waals surface area contributed by atoms with Crippen molar-refractivity contribution in [3.63, 3.8) is 0 Å². The zero-order valence-electron chi connectivity index (χ0n) is 23.5. The van der Waals surface area contributed by atoms with Gasteiger partial charge in [-0.25, -0.2) is 9.37 Å². The molecule has 11 nitrogen and oxygen atoms in total. The summed E-state index contributed by atoms with van der Waals surface area (Å²) in [6.07, 6.45) is 4.51. The van der Waals surface area contributed by atoms with Crippen LogP contribution in [0.15, 0.2) is 48.7 Å². The zero-order valence-corrected chi connectivity index (χ0v) is 24.3. The number of amides is 2. The molecule has 3 heterocycles. The lowest BCUT2D eigenvalue weighted by molar-refractivity contribution is -0.132. The minimum absolute atomic E-state index is 0.00725. The van der Waals surface area contributed by atoms with Crippen LogP contribution < -0.4 is 20.9 Å². The van der Waals surface area contributed by atoms with E-state index in [9.17, 15) is 18.8 Å². The van der Waals surface area contributed by atoms with E-state index >= 15 is 0 Å². The number of rotatable bonds is 11. The van der Waals surface area contributed by atoms with Crippen LogP contribution in [0.2, 0.25) is 5.02 Å². The maximum Gasteiger partial charge on any atom is 0.261 e. The average molecular weight is 610 g/mol. The summed E-state index contributed by atoms with van der Waals surface area (Å²) in [5.41, 5.74) is 1.77. The summed E-state index contributed by atoms with van der Waals surface area (Å²) >= 11 is 6.10. The Morgan fingerprint density at radius 3 is 2.60 bits per heavy atom. The molecular weight excluding hydrogens is 577 g/mol. The van der Waals surface area contributed by atoms with Gasteiger partial charge in [0, 0.05) is 69.7 Å². The summed E-state index contributed by atoms with van der Waals surface area (Å²) in [5, 5.41) is 8.98. The van der Waals surface area contributed by atoms with Gasteiger partial charge >= 0.3 is 0 Å². The van der Waals surface area contributed by atoms with Crippen LogP contribution in [-0.4, -0.2) is 78.4 Å². The minimum Gasteiger partial charge on any atom is -0.376 e. The Kier molecular flexibility index (Phi) is 10.0. The van der Waals surface area contributed by atoms with E-state index in [-0.39, 0.29) is 52.9 Å². The van der Waals surface area contributed by atoms with Crippen LogP contribution in [0.5, 0.6) is 0 Å². The molecule has 5 rings (SSSR count). The zero-order chi connectivity index (χ0) is 30.2. The number of hydrogen-bond acceptors (Lipinski definition) is 9. The SMILES string of the molecule is O=CCCC(=O)N1CCN(c2ccc(Nc3ncc(C(=O)Nc4c(F)cccc4Cl)c(NCC4CCCO4)n3)cc2)CC1. The summed E-state index contributed by atoms with van der Waals surface area (Å²) in [6, 6.07) is 11.9. The fourth-order valence-corrected chi connectivity index (χ4v) is 5.21. The van der Waals surface area contributed by atoms with Gasteiger partial charge in [0.15, 0.2) is 0 Å². The third-order valence-corrected chi connectivity index (χ3v) is 7.67. The van der Waals surface area contributed by atoms with E-state index in [1.165, 1.54) is 24.4 Å². The highest BCUT2D eigenvalue weighted by Crippen LogP contribution is 2.27. The van der Waals surface area contributed by atoms with Crippen molar-refractivity contribution in [1.29, 1.82) is 0 Å². The van der Waals surface area contributed by atoms with Crippen molar-refractivity contribution in [3.05, 3.63) is 65.1 Å². The molecule has 0 aliphatic carbocycles. The molecular formula is C30H33ClFN7O4. The molecule has 0 spiro atoms. The molecule has 1 unspecified atom stereocenters. The monoisotopic (exact) mass is 609 g/mol. The normalized spacial score (nSPS) is 16.6. The summed E-state index contributed by atoms with van der Waals surface area (Å²) in [7, 11) is 0. The van der Waals surface area contributed by atoms with E-state index < -0.39 is 11.7 Å². The van der Waals surface area contributed by atoms with Gasteiger partial charge < -0.3 is 35.3 Å². The number of halogens is 2. The third-order valence-electron chi connectivity index (χ3n) is 7.35. The smallest absolute Gasteiger partial charge is 0.261 e. The fraction of sp³-hybridized carbons (Fsp3) is 0.367. The van der Waals surface area contributed by atoms with Crippen LogP contribution in [0, 0.1) is 5.82 Å². The van der Waals surface area contributed by atoms with Gasteiger partial charge in [-0.2, -0.15) is 4.98 Å². The number of nitrogens with zero attached hydrogens (tertiary/aromatic N) is 4. The van der Waals surface area contributed by atoms with Crippen LogP contribution in [0.3, 0.4) is 0 Å². The van der Waals surface area contributed by atoms with Gasteiger partial charge in [0.2, 0.25) is 11.9 Å². The Hall–Kier alpha value is -4.29. The molecule has 2 fully saturated rings. The number of piperazine rings is 1. The Balaban J connectivity index is 1.26. The van der Waals surface area contributed by atoms with Crippen molar-refractivity contribution in [2.24, 2.45) is 0 Å². The first-order valence-corrected chi connectivity index (χ1v) is 14.6. The molecule has 2 saturated heterocycles. The fourth-order valence-electron chi connectivity index (χ4n) is 5.00. The van der Waals surface area contributed by atoms with Gasteiger partial charge in [-0.1, -0.05) is 17.7 Å². The molecule has 226 valence electrons. The van der Waals surface area contributed by atoms with Crippen LogP contribution in [0.4, 0.5) is 33.2 Å². The second-order valence-electron chi connectivity index (χ2n) is 10.3. The highest BCUT2D eigenvalue weighted by atomic mass is 35.5. The minimum atomic E-state index is -0.651. The Labute approximate surface area is 253 Å². The van der Waals surface area contributed by atoms with Crippen LogP contribution in [0.1, 0.15) is 36.0 Å². The number of benzene rings is 2. The van der Waals surface area contributed by atoms with Crippen molar-refractivity contribution < 1.29 is 23.5 Å². The van der Waals surface area contributed by atoms with Gasteiger partial charge in [-0.05, 0) is 49.2 Å². The number of para-hydroxylation sites is 1. The van der Waals surface area contributed by atoms with E-state index in [4.69, 9.17) is 16.3 Å². The molecule has 1 aromatic heterocycles. The molecule has 2 aliphatic heterocycles. The topological polar surface area (TPSA) is 129 Å². The van der Waals surface area contributed by atoms with Crippen LogP contribution in [-0.2, 0) is 14.3 Å². The average Bonchev–Trinajstić information content (AvgIpc) is 3.55. The Morgan fingerprint density at radius 1 is 1.12 bits per heavy atom. The lowest BCUT2D eigenvalue weighted by atomic mass is 10.2. The van der Waals surface area contributed by atoms with Crippen molar-refractivity contribution in [2.45, 2.75) is 31.8 Å². The summed E-state index contributed by atoms with van der Waals surface area (Å²) in [5.74, 6) is -0.707. The lowest BCUT2D eigenvalue weighted by Gasteiger charge is -2.36. The predicted molar refractivity (Wildman–Crippen MR) is 163 cm³/mol.